The first-order valence-electron chi connectivity index (χ1n) is 9.76. The van der Waals surface area contributed by atoms with E-state index in [4.69, 9.17) is 4.74 Å². The summed E-state index contributed by atoms with van der Waals surface area (Å²) >= 11 is 0. The normalized spacial score (nSPS) is 14.2. The number of para-hydroxylation sites is 1. The van der Waals surface area contributed by atoms with Gasteiger partial charge in [-0.2, -0.15) is 4.98 Å². The largest absolute Gasteiger partial charge is 0.473 e. The fourth-order valence-electron chi connectivity index (χ4n) is 3.50. The van der Waals surface area contributed by atoms with Gasteiger partial charge in [0.15, 0.2) is 0 Å². The lowest BCUT2D eigenvalue weighted by atomic mass is 10.1. The number of rotatable bonds is 5. The molecule has 5 nitrogen and oxygen atoms in total. The van der Waals surface area contributed by atoms with Gasteiger partial charge < -0.3 is 14.5 Å². The van der Waals surface area contributed by atoms with Gasteiger partial charge in [0.05, 0.1) is 0 Å². The Kier molecular flexibility index (Phi) is 5.42. The molecule has 0 aliphatic carbocycles. The summed E-state index contributed by atoms with van der Waals surface area (Å²) in [6.07, 6.45) is 0. The Bertz CT molecular complexity index is 921. The number of piperazine rings is 1. The van der Waals surface area contributed by atoms with Crippen LogP contribution in [0.4, 0.5) is 11.6 Å². The molecule has 0 bridgehead atoms. The highest BCUT2D eigenvalue weighted by Crippen LogP contribution is 2.21. The predicted octanol–water partition coefficient (Wildman–Crippen LogP) is 4.00. The lowest BCUT2D eigenvalue weighted by molar-refractivity contribution is 0.293. The fraction of sp³-hybridized carbons (Fsp3) is 0.304. The Morgan fingerprint density at radius 3 is 2.32 bits per heavy atom. The minimum atomic E-state index is 0.513. The van der Waals surface area contributed by atoms with Crippen molar-refractivity contribution in [3.8, 4) is 5.88 Å². The number of nitrogens with zero attached hydrogens (tertiary/aromatic N) is 4. The summed E-state index contributed by atoms with van der Waals surface area (Å²) in [6.45, 7) is 8.31. The first-order valence-corrected chi connectivity index (χ1v) is 9.76. The van der Waals surface area contributed by atoms with Crippen LogP contribution in [0.3, 0.4) is 0 Å². The summed E-state index contributed by atoms with van der Waals surface area (Å²) in [5, 5.41) is 0. The van der Waals surface area contributed by atoms with Crippen LogP contribution in [0.15, 0.2) is 60.7 Å². The van der Waals surface area contributed by atoms with Crippen LogP contribution < -0.4 is 14.5 Å². The maximum atomic E-state index is 5.96. The third-order valence-corrected chi connectivity index (χ3v) is 4.97. The minimum Gasteiger partial charge on any atom is -0.473 e. The van der Waals surface area contributed by atoms with Crippen LogP contribution in [0.5, 0.6) is 5.88 Å². The van der Waals surface area contributed by atoms with Gasteiger partial charge in [-0.3, -0.25) is 0 Å². The van der Waals surface area contributed by atoms with E-state index in [2.05, 4.69) is 81.3 Å². The molecule has 28 heavy (non-hydrogen) atoms. The maximum Gasteiger partial charge on any atom is 0.228 e. The van der Waals surface area contributed by atoms with Gasteiger partial charge in [-0.25, -0.2) is 4.98 Å². The average Bonchev–Trinajstić information content (AvgIpc) is 2.73. The molecule has 5 heteroatoms. The average molecular weight is 374 g/mol. The van der Waals surface area contributed by atoms with Crippen molar-refractivity contribution in [2.75, 3.05) is 36.0 Å². The van der Waals surface area contributed by atoms with Crippen LogP contribution in [-0.2, 0) is 6.61 Å². The molecule has 1 aliphatic rings. The molecule has 1 aromatic heterocycles. The summed E-state index contributed by atoms with van der Waals surface area (Å²) in [5.74, 6) is 1.39. The van der Waals surface area contributed by atoms with Gasteiger partial charge in [0.25, 0.3) is 0 Å². The summed E-state index contributed by atoms with van der Waals surface area (Å²) in [4.78, 5) is 14.0. The second kappa shape index (κ2) is 8.30. The van der Waals surface area contributed by atoms with Crippen molar-refractivity contribution in [3.63, 3.8) is 0 Å². The van der Waals surface area contributed by atoms with Crippen molar-refractivity contribution < 1.29 is 4.74 Å². The van der Waals surface area contributed by atoms with Crippen molar-refractivity contribution in [3.05, 3.63) is 77.5 Å². The molecule has 2 aromatic carbocycles. The lowest BCUT2D eigenvalue weighted by Crippen LogP contribution is -2.47. The Hall–Kier alpha value is -3.08. The van der Waals surface area contributed by atoms with Crippen LogP contribution >= 0.6 is 0 Å². The van der Waals surface area contributed by atoms with E-state index in [1.807, 2.05) is 13.0 Å². The monoisotopic (exact) mass is 374 g/mol. The number of aromatic nitrogens is 2. The molecule has 1 fully saturated rings. The third kappa shape index (κ3) is 4.42. The molecule has 0 N–H and O–H groups in total. The molecule has 0 amide bonds. The molecule has 0 unspecified atom stereocenters. The standard InChI is InChI=1S/C23H26N4O/c1-18-7-6-8-20(15-18)17-28-22-16-19(2)24-23(25-22)27-13-11-26(12-14-27)21-9-4-3-5-10-21/h3-10,15-16H,11-14,17H2,1-2H3. The Balaban J connectivity index is 1.41. The number of hydrogen-bond acceptors (Lipinski definition) is 5. The van der Waals surface area contributed by atoms with Crippen molar-refractivity contribution in [1.82, 2.24) is 9.97 Å². The highest BCUT2D eigenvalue weighted by Gasteiger charge is 2.20. The number of benzene rings is 2. The molecule has 0 radical (unpaired) electrons. The smallest absolute Gasteiger partial charge is 0.228 e. The van der Waals surface area contributed by atoms with E-state index in [0.29, 0.717) is 12.5 Å². The SMILES string of the molecule is Cc1cccc(COc2cc(C)nc(N3CCN(c4ccccc4)CC3)n2)c1. The van der Waals surface area contributed by atoms with Gasteiger partial charge in [-0.15, -0.1) is 0 Å². The zero-order valence-corrected chi connectivity index (χ0v) is 16.5. The highest BCUT2D eigenvalue weighted by molar-refractivity contribution is 5.48. The topological polar surface area (TPSA) is 41.5 Å². The van der Waals surface area contributed by atoms with E-state index in [1.165, 1.54) is 11.3 Å². The first kappa shape index (κ1) is 18.3. The van der Waals surface area contributed by atoms with Crippen molar-refractivity contribution in [2.24, 2.45) is 0 Å². The van der Waals surface area contributed by atoms with Gasteiger partial charge in [0, 0.05) is 43.6 Å². The Labute approximate surface area is 166 Å². The minimum absolute atomic E-state index is 0.513. The Morgan fingerprint density at radius 2 is 1.57 bits per heavy atom. The first-order chi connectivity index (χ1) is 13.7. The number of hydrogen-bond donors (Lipinski definition) is 0. The summed E-state index contributed by atoms with van der Waals surface area (Å²) in [5.41, 5.74) is 4.58. The van der Waals surface area contributed by atoms with Crippen LogP contribution in [0.2, 0.25) is 0 Å². The van der Waals surface area contributed by atoms with E-state index >= 15 is 0 Å². The molecule has 1 saturated heterocycles. The van der Waals surface area contributed by atoms with Crippen molar-refractivity contribution in [1.29, 1.82) is 0 Å². The third-order valence-electron chi connectivity index (χ3n) is 4.97. The molecule has 0 saturated carbocycles. The second-order valence-electron chi connectivity index (χ2n) is 7.23. The van der Waals surface area contributed by atoms with Gasteiger partial charge in [-0.05, 0) is 31.5 Å². The van der Waals surface area contributed by atoms with E-state index in [-0.39, 0.29) is 0 Å². The molecule has 4 rings (SSSR count). The zero-order chi connectivity index (χ0) is 19.3. The van der Waals surface area contributed by atoms with Crippen LogP contribution in [0.25, 0.3) is 0 Å². The molecule has 1 aliphatic heterocycles. The van der Waals surface area contributed by atoms with Crippen LogP contribution in [-0.4, -0.2) is 36.1 Å². The number of ether oxygens (including phenoxy) is 1. The molecular formula is C23H26N4O. The Morgan fingerprint density at radius 1 is 0.821 bits per heavy atom. The zero-order valence-electron chi connectivity index (χ0n) is 16.5. The number of anilines is 2. The molecule has 144 valence electrons. The molecular weight excluding hydrogens is 348 g/mol. The van der Waals surface area contributed by atoms with Crippen LogP contribution in [0.1, 0.15) is 16.8 Å². The highest BCUT2D eigenvalue weighted by atomic mass is 16.5. The van der Waals surface area contributed by atoms with Gasteiger partial charge in [0.2, 0.25) is 11.8 Å². The number of aryl methyl sites for hydroxylation is 2. The molecule has 0 spiro atoms. The molecule has 0 atom stereocenters. The summed E-state index contributed by atoms with van der Waals surface area (Å²) in [7, 11) is 0. The maximum absolute atomic E-state index is 5.96. The van der Waals surface area contributed by atoms with Gasteiger partial charge >= 0.3 is 0 Å². The van der Waals surface area contributed by atoms with Crippen molar-refractivity contribution >= 4 is 11.6 Å². The van der Waals surface area contributed by atoms with Crippen molar-refractivity contribution in [2.45, 2.75) is 20.5 Å². The fourth-order valence-corrected chi connectivity index (χ4v) is 3.50. The van der Waals surface area contributed by atoms with E-state index in [9.17, 15) is 0 Å². The summed E-state index contributed by atoms with van der Waals surface area (Å²) in [6, 6.07) is 20.8. The summed E-state index contributed by atoms with van der Waals surface area (Å²) < 4.78 is 5.96. The van der Waals surface area contributed by atoms with E-state index in [1.54, 1.807) is 0 Å². The van der Waals surface area contributed by atoms with Gasteiger partial charge in [-0.1, -0.05) is 48.0 Å². The van der Waals surface area contributed by atoms with Gasteiger partial charge in [0.1, 0.15) is 6.61 Å². The molecule has 3 aromatic rings. The lowest BCUT2D eigenvalue weighted by Gasteiger charge is -2.36. The van der Waals surface area contributed by atoms with Crippen LogP contribution in [0, 0.1) is 13.8 Å². The predicted molar refractivity (Wildman–Crippen MR) is 113 cm³/mol. The quantitative estimate of drug-likeness (QED) is 0.675. The van der Waals surface area contributed by atoms with E-state index in [0.717, 1.165) is 43.4 Å². The molecule has 2 heterocycles. The van der Waals surface area contributed by atoms with E-state index < -0.39 is 0 Å². The second-order valence-corrected chi connectivity index (χ2v) is 7.23.